The number of aliphatic hydroxyl groups is 1. The molecule has 0 heterocycles. The van der Waals surface area contributed by atoms with Crippen molar-refractivity contribution in [3.63, 3.8) is 0 Å². The van der Waals surface area contributed by atoms with Crippen molar-refractivity contribution in [2.75, 3.05) is 0 Å². The van der Waals surface area contributed by atoms with Crippen LogP contribution in [0.5, 0.6) is 0 Å². The van der Waals surface area contributed by atoms with Crippen molar-refractivity contribution in [1.29, 1.82) is 0 Å². The highest BCUT2D eigenvalue weighted by atomic mass is 19.1. The summed E-state index contributed by atoms with van der Waals surface area (Å²) in [5.41, 5.74) is 0. The predicted octanol–water partition coefficient (Wildman–Crippen LogP) is 2.71. The van der Waals surface area contributed by atoms with Gasteiger partial charge >= 0.3 is 0 Å². The van der Waals surface area contributed by atoms with Crippen LogP contribution in [0, 0.1) is 0 Å². The fourth-order valence-corrected chi connectivity index (χ4v) is 0.329. The largest absolute Gasteiger partial charge is 0.513 e. The Morgan fingerprint density at radius 1 is 1.56 bits per heavy atom. The first-order valence-electron chi connectivity index (χ1n) is 2.88. The maximum atomic E-state index is 12.2. The molecule has 0 saturated heterocycles. The Morgan fingerprint density at radius 2 is 2.11 bits per heavy atom. The van der Waals surface area contributed by atoms with Crippen LogP contribution >= 0.6 is 0 Å². The van der Waals surface area contributed by atoms with E-state index in [-0.39, 0.29) is 11.6 Å². The fraction of sp³-hybridized carbons (Fsp3) is 0.429. The Hall–Kier alpha value is -0.790. The van der Waals surface area contributed by atoms with Crippen molar-refractivity contribution in [2.45, 2.75) is 20.3 Å². The van der Waals surface area contributed by atoms with Crippen LogP contribution in [-0.2, 0) is 0 Å². The van der Waals surface area contributed by atoms with Crippen molar-refractivity contribution >= 4 is 0 Å². The van der Waals surface area contributed by atoms with Gasteiger partial charge in [0.05, 0.1) is 11.6 Å². The van der Waals surface area contributed by atoms with Gasteiger partial charge in [-0.2, -0.15) is 0 Å². The highest BCUT2D eigenvalue weighted by molar-refractivity contribution is 5.08. The smallest absolute Gasteiger partial charge is 0.0998 e. The second-order valence-corrected chi connectivity index (χ2v) is 1.78. The van der Waals surface area contributed by atoms with E-state index in [1.165, 1.54) is 19.1 Å². The second kappa shape index (κ2) is 4.13. The molecule has 52 valence electrons. The van der Waals surface area contributed by atoms with Crippen LogP contribution in [-0.4, -0.2) is 5.11 Å². The summed E-state index contributed by atoms with van der Waals surface area (Å²) >= 11 is 0. The minimum absolute atomic E-state index is 0.124. The number of halogens is 1. The molecule has 0 aromatic carbocycles. The standard InChI is InChI=1S/C7H11FO/c1-3-7(8)5-4-6(2)9/h4-5,9H,3H2,1-2H3/b6-4+,7-5+. The van der Waals surface area contributed by atoms with Gasteiger partial charge in [0, 0.05) is 0 Å². The van der Waals surface area contributed by atoms with Gasteiger partial charge < -0.3 is 5.11 Å². The quantitative estimate of drug-likeness (QED) is 0.450. The lowest BCUT2D eigenvalue weighted by Gasteiger charge is -1.85. The van der Waals surface area contributed by atoms with Crippen molar-refractivity contribution in [3.8, 4) is 0 Å². The lowest BCUT2D eigenvalue weighted by molar-refractivity contribution is 0.414. The van der Waals surface area contributed by atoms with E-state index in [1.54, 1.807) is 6.92 Å². The molecule has 0 amide bonds. The number of aliphatic hydroxyl groups excluding tert-OH is 1. The summed E-state index contributed by atoms with van der Waals surface area (Å²) < 4.78 is 12.2. The van der Waals surface area contributed by atoms with Gasteiger partial charge in [-0.25, -0.2) is 4.39 Å². The SMILES string of the molecule is CC/C(F)=C\C=C(/C)O. The van der Waals surface area contributed by atoms with E-state index in [2.05, 4.69) is 0 Å². The first-order valence-corrected chi connectivity index (χ1v) is 2.88. The predicted molar refractivity (Wildman–Crippen MR) is 35.9 cm³/mol. The molecule has 0 aromatic rings. The molecule has 2 heteroatoms. The van der Waals surface area contributed by atoms with Gasteiger partial charge in [-0.1, -0.05) is 6.92 Å². The molecule has 1 nitrogen and oxygen atoms in total. The lowest BCUT2D eigenvalue weighted by atomic mass is 10.3. The Labute approximate surface area is 54.5 Å². The molecule has 0 saturated carbocycles. The van der Waals surface area contributed by atoms with Crippen molar-refractivity contribution in [2.24, 2.45) is 0 Å². The summed E-state index contributed by atoms with van der Waals surface area (Å²) in [5, 5.41) is 8.55. The van der Waals surface area contributed by atoms with Gasteiger partial charge in [-0.15, -0.1) is 0 Å². The zero-order valence-electron chi connectivity index (χ0n) is 5.69. The van der Waals surface area contributed by atoms with E-state index >= 15 is 0 Å². The summed E-state index contributed by atoms with van der Waals surface area (Å²) in [4.78, 5) is 0. The highest BCUT2D eigenvalue weighted by Gasteiger charge is 1.84. The topological polar surface area (TPSA) is 20.2 Å². The van der Waals surface area contributed by atoms with Gasteiger partial charge in [0.25, 0.3) is 0 Å². The minimum atomic E-state index is -0.219. The van der Waals surface area contributed by atoms with E-state index in [4.69, 9.17) is 5.11 Å². The van der Waals surface area contributed by atoms with Gasteiger partial charge in [-0.05, 0) is 25.5 Å². The molecule has 0 rings (SSSR count). The van der Waals surface area contributed by atoms with Crippen LogP contribution in [0.15, 0.2) is 23.7 Å². The normalized spacial score (nSPS) is 14.1. The third kappa shape index (κ3) is 5.07. The lowest BCUT2D eigenvalue weighted by Crippen LogP contribution is -1.69. The Morgan fingerprint density at radius 3 is 2.44 bits per heavy atom. The number of hydrogen-bond acceptors (Lipinski definition) is 1. The average Bonchev–Trinajstić information content (AvgIpc) is 1.83. The number of rotatable bonds is 2. The van der Waals surface area contributed by atoms with E-state index in [1.807, 2.05) is 0 Å². The summed E-state index contributed by atoms with van der Waals surface area (Å²) in [7, 11) is 0. The van der Waals surface area contributed by atoms with Crippen molar-refractivity contribution in [1.82, 2.24) is 0 Å². The van der Waals surface area contributed by atoms with Gasteiger partial charge in [-0.3, -0.25) is 0 Å². The molecule has 9 heavy (non-hydrogen) atoms. The van der Waals surface area contributed by atoms with Crippen LogP contribution in [0.1, 0.15) is 20.3 Å². The van der Waals surface area contributed by atoms with Crippen LogP contribution < -0.4 is 0 Å². The molecule has 0 aliphatic heterocycles. The molecular weight excluding hydrogens is 119 g/mol. The van der Waals surface area contributed by atoms with Gasteiger partial charge in [0.15, 0.2) is 0 Å². The van der Waals surface area contributed by atoms with E-state index in [9.17, 15) is 4.39 Å². The summed E-state index contributed by atoms with van der Waals surface area (Å²) in [6, 6.07) is 0. The average molecular weight is 130 g/mol. The summed E-state index contributed by atoms with van der Waals surface area (Å²) in [6.45, 7) is 3.21. The maximum absolute atomic E-state index is 12.2. The van der Waals surface area contributed by atoms with Crippen LogP contribution in [0.2, 0.25) is 0 Å². The van der Waals surface area contributed by atoms with Crippen LogP contribution in [0.4, 0.5) is 4.39 Å². The van der Waals surface area contributed by atoms with Gasteiger partial charge in [0.2, 0.25) is 0 Å². The third-order valence-corrected chi connectivity index (χ3v) is 0.843. The molecular formula is C7H11FO. The molecule has 0 aliphatic carbocycles. The zero-order valence-corrected chi connectivity index (χ0v) is 5.69. The first-order chi connectivity index (χ1) is 4.16. The Kier molecular flexibility index (Phi) is 3.76. The van der Waals surface area contributed by atoms with E-state index in [0.717, 1.165) is 0 Å². The van der Waals surface area contributed by atoms with E-state index in [0.29, 0.717) is 6.42 Å². The fourth-order valence-electron chi connectivity index (χ4n) is 0.329. The van der Waals surface area contributed by atoms with Crippen molar-refractivity contribution < 1.29 is 9.50 Å². The zero-order chi connectivity index (χ0) is 7.28. The molecule has 0 bridgehead atoms. The molecule has 0 radical (unpaired) electrons. The number of hydrogen-bond donors (Lipinski definition) is 1. The third-order valence-electron chi connectivity index (χ3n) is 0.843. The Balaban J connectivity index is 3.83. The van der Waals surface area contributed by atoms with E-state index < -0.39 is 0 Å². The minimum Gasteiger partial charge on any atom is -0.513 e. The highest BCUT2D eigenvalue weighted by Crippen LogP contribution is 2.01. The molecule has 0 spiro atoms. The molecule has 0 atom stereocenters. The first kappa shape index (κ1) is 8.21. The van der Waals surface area contributed by atoms with Crippen LogP contribution in [0.25, 0.3) is 0 Å². The molecule has 0 unspecified atom stereocenters. The Bertz CT molecular complexity index is 132. The van der Waals surface area contributed by atoms with Crippen molar-refractivity contribution in [3.05, 3.63) is 23.7 Å². The monoisotopic (exact) mass is 130 g/mol. The maximum Gasteiger partial charge on any atom is 0.0998 e. The number of allylic oxidation sites excluding steroid dienone is 4. The second-order valence-electron chi connectivity index (χ2n) is 1.78. The summed E-state index contributed by atoms with van der Waals surface area (Å²) in [6.07, 6.45) is 2.97. The van der Waals surface area contributed by atoms with Crippen LogP contribution in [0.3, 0.4) is 0 Å². The molecule has 0 aromatic heterocycles. The summed E-state index contributed by atoms with van der Waals surface area (Å²) in [5.74, 6) is -0.0954. The van der Waals surface area contributed by atoms with Gasteiger partial charge in [0.1, 0.15) is 0 Å². The molecule has 1 N–H and O–H groups in total. The molecule has 0 aliphatic rings. The molecule has 0 fully saturated rings.